The molecule has 0 unspecified atom stereocenters. The summed E-state index contributed by atoms with van der Waals surface area (Å²) in [4.78, 5) is 14.5. The Labute approximate surface area is 166 Å². The summed E-state index contributed by atoms with van der Waals surface area (Å²) in [6.45, 7) is 6.38. The van der Waals surface area contributed by atoms with E-state index >= 15 is 0 Å². The molecule has 0 bridgehead atoms. The van der Waals surface area contributed by atoms with Crippen molar-refractivity contribution < 1.29 is 14.3 Å². The second-order valence-electron chi connectivity index (χ2n) is 6.80. The number of ether oxygens (including phenoxy) is 2. The van der Waals surface area contributed by atoms with Crippen LogP contribution in [0.1, 0.15) is 12.0 Å². The lowest BCUT2D eigenvalue weighted by Gasteiger charge is -2.27. The number of hydrogen-bond donors (Lipinski definition) is 2. The van der Waals surface area contributed by atoms with Gasteiger partial charge in [0.05, 0.1) is 0 Å². The van der Waals surface area contributed by atoms with Crippen molar-refractivity contribution in [1.82, 2.24) is 15.5 Å². The SMILES string of the molecule is O=C(COc1ccccc1OCc1ccccc1)NCCCN1CCNCC1. The molecule has 1 saturated heterocycles. The van der Waals surface area contributed by atoms with Crippen LogP contribution in [0.3, 0.4) is 0 Å². The van der Waals surface area contributed by atoms with E-state index in [1.54, 1.807) is 0 Å². The molecule has 0 aliphatic carbocycles. The third-order valence-corrected chi connectivity index (χ3v) is 4.63. The highest BCUT2D eigenvalue weighted by atomic mass is 16.5. The van der Waals surface area contributed by atoms with Crippen molar-refractivity contribution in [3.8, 4) is 11.5 Å². The van der Waals surface area contributed by atoms with Crippen molar-refractivity contribution >= 4 is 5.91 Å². The maximum absolute atomic E-state index is 12.1. The zero-order valence-corrected chi connectivity index (χ0v) is 16.2. The Morgan fingerprint density at radius 3 is 2.39 bits per heavy atom. The fraction of sp³-hybridized carbons (Fsp3) is 0.409. The molecule has 0 spiro atoms. The van der Waals surface area contributed by atoms with E-state index in [-0.39, 0.29) is 12.5 Å². The number of nitrogens with one attached hydrogen (secondary N) is 2. The highest BCUT2D eigenvalue weighted by Gasteiger charge is 2.10. The molecule has 28 heavy (non-hydrogen) atoms. The van der Waals surface area contributed by atoms with Crippen LogP contribution in [0.25, 0.3) is 0 Å². The molecule has 6 nitrogen and oxygen atoms in total. The number of amides is 1. The number of carbonyl (C=O) groups is 1. The van der Waals surface area contributed by atoms with Crippen LogP contribution < -0.4 is 20.1 Å². The maximum atomic E-state index is 12.1. The second-order valence-corrected chi connectivity index (χ2v) is 6.80. The van der Waals surface area contributed by atoms with Gasteiger partial charge in [-0.1, -0.05) is 42.5 Å². The highest BCUT2D eigenvalue weighted by Crippen LogP contribution is 2.27. The monoisotopic (exact) mass is 383 g/mol. The number of para-hydroxylation sites is 2. The summed E-state index contributed by atoms with van der Waals surface area (Å²) in [5.41, 5.74) is 1.08. The minimum Gasteiger partial charge on any atom is -0.485 e. The van der Waals surface area contributed by atoms with Crippen molar-refractivity contribution in [1.29, 1.82) is 0 Å². The molecule has 0 radical (unpaired) electrons. The molecule has 1 heterocycles. The minimum absolute atomic E-state index is 0.0145. The Morgan fingerprint density at radius 1 is 0.964 bits per heavy atom. The third kappa shape index (κ3) is 6.87. The molecule has 1 fully saturated rings. The number of piperazine rings is 1. The Kier molecular flexibility index (Phi) is 8.15. The van der Waals surface area contributed by atoms with E-state index in [1.807, 2.05) is 54.6 Å². The van der Waals surface area contributed by atoms with Gasteiger partial charge >= 0.3 is 0 Å². The molecular weight excluding hydrogens is 354 g/mol. The predicted molar refractivity (Wildman–Crippen MR) is 110 cm³/mol. The standard InChI is InChI=1S/C22H29N3O3/c26-22(24-11-6-14-25-15-12-23-13-16-25)18-28-21-10-5-4-9-20(21)27-17-19-7-2-1-3-8-19/h1-5,7-10,23H,6,11-18H2,(H,24,26). The highest BCUT2D eigenvalue weighted by molar-refractivity contribution is 5.77. The van der Waals surface area contributed by atoms with E-state index in [9.17, 15) is 4.79 Å². The van der Waals surface area contributed by atoms with Crippen LogP contribution >= 0.6 is 0 Å². The molecule has 2 aromatic rings. The molecule has 0 saturated carbocycles. The van der Waals surface area contributed by atoms with E-state index in [0.29, 0.717) is 24.7 Å². The molecular formula is C22H29N3O3. The van der Waals surface area contributed by atoms with Crippen LogP contribution in [0.5, 0.6) is 11.5 Å². The zero-order valence-electron chi connectivity index (χ0n) is 16.2. The Hall–Kier alpha value is -2.57. The first-order chi connectivity index (χ1) is 13.8. The van der Waals surface area contributed by atoms with Crippen LogP contribution in [-0.2, 0) is 11.4 Å². The summed E-state index contributed by atoms with van der Waals surface area (Å²) in [6, 6.07) is 17.4. The number of rotatable bonds is 10. The molecule has 0 atom stereocenters. The lowest BCUT2D eigenvalue weighted by atomic mass is 10.2. The number of hydrogen-bond acceptors (Lipinski definition) is 5. The number of benzene rings is 2. The Balaban J connectivity index is 1.37. The van der Waals surface area contributed by atoms with Crippen molar-refractivity contribution in [3.05, 3.63) is 60.2 Å². The molecule has 2 aromatic carbocycles. The molecule has 150 valence electrons. The van der Waals surface area contributed by atoms with Gasteiger partial charge < -0.3 is 25.0 Å². The van der Waals surface area contributed by atoms with Gasteiger partial charge in [0, 0.05) is 32.7 Å². The van der Waals surface area contributed by atoms with Gasteiger partial charge in [0.1, 0.15) is 6.61 Å². The van der Waals surface area contributed by atoms with Gasteiger partial charge in [-0.3, -0.25) is 4.79 Å². The molecule has 6 heteroatoms. The zero-order chi connectivity index (χ0) is 19.4. The van der Waals surface area contributed by atoms with Crippen LogP contribution in [0.15, 0.2) is 54.6 Å². The largest absolute Gasteiger partial charge is 0.485 e. The van der Waals surface area contributed by atoms with Gasteiger partial charge in [-0.05, 0) is 30.7 Å². The fourth-order valence-electron chi connectivity index (χ4n) is 3.08. The van der Waals surface area contributed by atoms with Crippen LogP contribution in [0.4, 0.5) is 0 Å². The number of carbonyl (C=O) groups excluding carboxylic acids is 1. The molecule has 2 N–H and O–H groups in total. The first-order valence-electron chi connectivity index (χ1n) is 9.89. The van der Waals surface area contributed by atoms with Crippen LogP contribution in [-0.4, -0.2) is 56.7 Å². The van der Waals surface area contributed by atoms with E-state index in [1.165, 1.54) is 0 Å². The summed E-state index contributed by atoms with van der Waals surface area (Å²) < 4.78 is 11.5. The summed E-state index contributed by atoms with van der Waals surface area (Å²) in [6.07, 6.45) is 0.947. The van der Waals surface area contributed by atoms with E-state index in [4.69, 9.17) is 9.47 Å². The van der Waals surface area contributed by atoms with Gasteiger partial charge in [0.25, 0.3) is 5.91 Å². The van der Waals surface area contributed by atoms with Crippen molar-refractivity contribution in [3.63, 3.8) is 0 Å². The first-order valence-corrected chi connectivity index (χ1v) is 9.89. The smallest absolute Gasteiger partial charge is 0.257 e. The third-order valence-electron chi connectivity index (χ3n) is 4.63. The average Bonchev–Trinajstić information content (AvgIpc) is 2.76. The van der Waals surface area contributed by atoms with Crippen LogP contribution in [0, 0.1) is 0 Å². The molecule has 1 aliphatic rings. The Bertz CT molecular complexity index is 718. The summed E-state index contributed by atoms with van der Waals surface area (Å²) in [5, 5.41) is 6.26. The van der Waals surface area contributed by atoms with E-state index in [0.717, 1.165) is 44.7 Å². The molecule has 1 aliphatic heterocycles. The van der Waals surface area contributed by atoms with Gasteiger partial charge in [-0.25, -0.2) is 0 Å². The van der Waals surface area contributed by atoms with Gasteiger partial charge in [0.15, 0.2) is 18.1 Å². The van der Waals surface area contributed by atoms with Gasteiger partial charge in [-0.2, -0.15) is 0 Å². The van der Waals surface area contributed by atoms with Gasteiger partial charge in [-0.15, -0.1) is 0 Å². The Morgan fingerprint density at radius 2 is 1.64 bits per heavy atom. The van der Waals surface area contributed by atoms with E-state index < -0.39 is 0 Å². The summed E-state index contributed by atoms with van der Waals surface area (Å²) >= 11 is 0. The normalized spacial score (nSPS) is 14.4. The number of nitrogens with zero attached hydrogens (tertiary/aromatic N) is 1. The molecule has 1 amide bonds. The minimum atomic E-state index is -0.113. The quantitative estimate of drug-likeness (QED) is 0.615. The first kappa shape index (κ1) is 20.2. The maximum Gasteiger partial charge on any atom is 0.257 e. The van der Waals surface area contributed by atoms with Crippen molar-refractivity contribution in [2.24, 2.45) is 0 Å². The van der Waals surface area contributed by atoms with Gasteiger partial charge in [0.2, 0.25) is 0 Å². The lowest BCUT2D eigenvalue weighted by molar-refractivity contribution is -0.123. The predicted octanol–water partition coefficient (Wildman–Crippen LogP) is 2.06. The summed E-state index contributed by atoms with van der Waals surface area (Å²) in [7, 11) is 0. The van der Waals surface area contributed by atoms with Crippen LogP contribution in [0.2, 0.25) is 0 Å². The molecule has 3 rings (SSSR count). The molecule has 0 aromatic heterocycles. The van der Waals surface area contributed by atoms with E-state index in [2.05, 4.69) is 15.5 Å². The summed E-state index contributed by atoms with van der Waals surface area (Å²) in [5.74, 6) is 1.10. The van der Waals surface area contributed by atoms with Crippen molar-refractivity contribution in [2.75, 3.05) is 45.9 Å². The lowest BCUT2D eigenvalue weighted by Crippen LogP contribution is -2.44. The fourth-order valence-corrected chi connectivity index (χ4v) is 3.08. The van der Waals surface area contributed by atoms with Crippen molar-refractivity contribution in [2.45, 2.75) is 13.0 Å². The second kappa shape index (κ2) is 11.3. The topological polar surface area (TPSA) is 62.8 Å². The average molecular weight is 383 g/mol.